The zero-order chi connectivity index (χ0) is 7.45. The predicted molar refractivity (Wildman–Crippen MR) is 53.1 cm³/mol. The van der Waals surface area contributed by atoms with E-state index in [9.17, 15) is 0 Å². The number of rotatable bonds is 5. The maximum Gasteiger partial charge on any atom is 0.00882 e. The Morgan fingerprint density at radius 2 is 2.20 bits per heavy atom. The molecule has 1 fully saturated rings. The number of hydrogen-bond acceptors (Lipinski definition) is 1. The lowest BCUT2D eigenvalue weighted by molar-refractivity contribution is 0.572. The second-order valence-corrected chi connectivity index (χ2v) is 5.04. The summed E-state index contributed by atoms with van der Waals surface area (Å²) in [7, 11) is 0. The van der Waals surface area contributed by atoms with Crippen molar-refractivity contribution in [3.63, 3.8) is 0 Å². The zero-order valence-electron chi connectivity index (χ0n) is 6.53. The predicted octanol–water partition coefficient (Wildman–Crippen LogP) is 3.30. The first-order valence-corrected chi connectivity index (χ1v) is 6.24. The van der Waals surface area contributed by atoms with Gasteiger partial charge < -0.3 is 0 Å². The van der Waals surface area contributed by atoms with Crippen LogP contribution in [0.5, 0.6) is 0 Å². The third-order valence-corrected chi connectivity index (χ3v) is 4.31. The van der Waals surface area contributed by atoms with Gasteiger partial charge in [-0.15, -0.1) is 0 Å². The van der Waals surface area contributed by atoms with Gasteiger partial charge in [0.1, 0.15) is 0 Å². The number of alkyl halides is 1. The molecule has 1 aliphatic rings. The molecule has 0 atom stereocenters. The van der Waals surface area contributed by atoms with Crippen molar-refractivity contribution in [1.29, 1.82) is 0 Å². The molecule has 0 amide bonds. The van der Waals surface area contributed by atoms with E-state index < -0.39 is 0 Å². The number of thioether (sulfide) groups is 1. The van der Waals surface area contributed by atoms with Crippen LogP contribution in [-0.4, -0.2) is 16.8 Å². The van der Waals surface area contributed by atoms with E-state index in [0.29, 0.717) is 0 Å². The zero-order valence-corrected chi connectivity index (χ0v) is 8.93. The summed E-state index contributed by atoms with van der Waals surface area (Å²) in [6.07, 6.45) is 4.35. The average Bonchev–Trinajstić information content (AvgIpc) is 2.70. The first-order chi connectivity index (χ1) is 4.83. The summed E-state index contributed by atoms with van der Waals surface area (Å²) in [6, 6.07) is 0. The number of halogens is 1. The molecule has 0 N–H and O–H groups in total. The second-order valence-electron chi connectivity index (χ2n) is 3.08. The van der Waals surface area contributed by atoms with Gasteiger partial charge >= 0.3 is 0 Å². The van der Waals surface area contributed by atoms with E-state index in [1.54, 1.807) is 0 Å². The molecule has 2 heteroatoms. The lowest BCUT2D eigenvalue weighted by Crippen LogP contribution is -2.02. The lowest BCUT2D eigenvalue weighted by Gasteiger charge is -2.08. The molecule has 1 saturated carbocycles. The van der Waals surface area contributed by atoms with E-state index >= 15 is 0 Å². The third-order valence-electron chi connectivity index (χ3n) is 2.22. The Labute approximate surface area is 76.3 Å². The molecular weight excluding hydrogens is 208 g/mol. The summed E-state index contributed by atoms with van der Waals surface area (Å²) < 4.78 is 0. The second kappa shape index (κ2) is 4.01. The van der Waals surface area contributed by atoms with Gasteiger partial charge in [-0.1, -0.05) is 22.9 Å². The highest BCUT2D eigenvalue weighted by molar-refractivity contribution is 9.09. The van der Waals surface area contributed by atoms with Gasteiger partial charge in [-0.2, -0.15) is 11.8 Å². The van der Waals surface area contributed by atoms with Crippen molar-refractivity contribution >= 4 is 27.7 Å². The molecule has 0 spiro atoms. The quantitative estimate of drug-likeness (QED) is 0.509. The van der Waals surface area contributed by atoms with Crippen molar-refractivity contribution in [3.8, 4) is 0 Å². The molecule has 0 aliphatic heterocycles. The van der Waals surface area contributed by atoms with E-state index in [0.717, 1.165) is 5.41 Å². The molecule has 0 aromatic rings. The van der Waals surface area contributed by atoms with Crippen molar-refractivity contribution < 1.29 is 0 Å². The van der Waals surface area contributed by atoms with Gasteiger partial charge in [0.05, 0.1) is 0 Å². The van der Waals surface area contributed by atoms with Gasteiger partial charge in [-0.05, 0) is 36.2 Å². The van der Waals surface area contributed by atoms with Gasteiger partial charge in [0.2, 0.25) is 0 Å². The minimum Gasteiger partial charge on any atom is -0.162 e. The molecule has 0 radical (unpaired) electrons. The van der Waals surface area contributed by atoms with Crippen LogP contribution >= 0.6 is 27.7 Å². The molecular formula is C8H15BrS. The Morgan fingerprint density at radius 1 is 1.50 bits per heavy atom. The highest BCUT2D eigenvalue weighted by Gasteiger charge is 2.40. The minimum atomic E-state index is 0.738. The van der Waals surface area contributed by atoms with Crippen LogP contribution in [0.15, 0.2) is 0 Å². The van der Waals surface area contributed by atoms with Gasteiger partial charge in [-0.25, -0.2) is 0 Å². The maximum absolute atomic E-state index is 3.58. The summed E-state index contributed by atoms with van der Waals surface area (Å²) in [5.74, 6) is 2.64. The summed E-state index contributed by atoms with van der Waals surface area (Å²) in [4.78, 5) is 0. The Hall–Kier alpha value is 0.830. The molecule has 0 unspecified atom stereocenters. The normalized spacial score (nSPS) is 21.0. The lowest BCUT2D eigenvalue weighted by atomic mass is 10.1. The van der Waals surface area contributed by atoms with Gasteiger partial charge in [0, 0.05) is 5.33 Å². The fraction of sp³-hybridized carbons (Fsp3) is 1.00. The standard InChI is InChI=1S/C8H15BrS/c1-2-10-6-5-8(7-9)3-4-8/h2-7H2,1H3. The summed E-state index contributed by atoms with van der Waals surface area (Å²) >= 11 is 5.65. The van der Waals surface area contributed by atoms with Gasteiger partial charge in [-0.3, -0.25) is 0 Å². The van der Waals surface area contributed by atoms with Crippen molar-refractivity contribution in [2.24, 2.45) is 5.41 Å². The first kappa shape index (κ1) is 8.92. The molecule has 60 valence electrons. The van der Waals surface area contributed by atoms with Crippen molar-refractivity contribution in [2.45, 2.75) is 26.2 Å². The van der Waals surface area contributed by atoms with Crippen LogP contribution in [0.25, 0.3) is 0 Å². The SMILES string of the molecule is CCSCCC1(CBr)CC1. The van der Waals surface area contributed by atoms with Gasteiger partial charge in [0.15, 0.2) is 0 Å². The van der Waals surface area contributed by atoms with E-state index in [1.807, 2.05) is 0 Å². The molecule has 0 nitrogen and oxygen atoms in total. The molecule has 0 heterocycles. The van der Waals surface area contributed by atoms with Crippen LogP contribution in [0.3, 0.4) is 0 Å². The van der Waals surface area contributed by atoms with Crippen LogP contribution in [0.2, 0.25) is 0 Å². The topological polar surface area (TPSA) is 0 Å². The van der Waals surface area contributed by atoms with Crippen LogP contribution < -0.4 is 0 Å². The van der Waals surface area contributed by atoms with E-state index in [4.69, 9.17) is 0 Å². The largest absolute Gasteiger partial charge is 0.162 e. The Kier molecular flexibility index (Phi) is 3.58. The van der Waals surface area contributed by atoms with Crippen molar-refractivity contribution in [3.05, 3.63) is 0 Å². The fourth-order valence-electron chi connectivity index (χ4n) is 1.06. The molecule has 1 rings (SSSR count). The average molecular weight is 223 g/mol. The van der Waals surface area contributed by atoms with Crippen LogP contribution in [0.1, 0.15) is 26.2 Å². The highest BCUT2D eigenvalue weighted by atomic mass is 79.9. The van der Waals surface area contributed by atoms with Crippen molar-refractivity contribution in [1.82, 2.24) is 0 Å². The fourth-order valence-corrected chi connectivity index (χ4v) is 2.77. The highest BCUT2D eigenvalue weighted by Crippen LogP contribution is 2.50. The van der Waals surface area contributed by atoms with Crippen LogP contribution in [0, 0.1) is 5.41 Å². The molecule has 0 bridgehead atoms. The Balaban J connectivity index is 2.01. The van der Waals surface area contributed by atoms with Crippen LogP contribution in [-0.2, 0) is 0 Å². The summed E-state index contributed by atoms with van der Waals surface area (Å²) in [6.45, 7) is 2.23. The third kappa shape index (κ3) is 2.46. The maximum atomic E-state index is 3.58. The first-order valence-electron chi connectivity index (χ1n) is 3.97. The minimum absolute atomic E-state index is 0.738. The van der Waals surface area contributed by atoms with E-state index in [1.165, 1.54) is 36.1 Å². The van der Waals surface area contributed by atoms with E-state index in [-0.39, 0.29) is 0 Å². The number of hydrogen-bond donors (Lipinski definition) is 0. The Bertz CT molecular complexity index is 99.4. The molecule has 1 aliphatic carbocycles. The van der Waals surface area contributed by atoms with Crippen LogP contribution in [0.4, 0.5) is 0 Å². The molecule has 10 heavy (non-hydrogen) atoms. The van der Waals surface area contributed by atoms with Gasteiger partial charge in [0.25, 0.3) is 0 Å². The molecule has 0 saturated heterocycles. The smallest absolute Gasteiger partial charge is 0.00882 e. The Morgan fingerprint density at radius 3 is 2.60 bits per heavy atom. The summed E-state index contributed by atoms with van der Waals surface area (Å²) in [5.41, 5.74) is 0.738. The van der Waals surface area contributed by atoms with E-state index in [2.05, 4.69) is 34.6 Å². The summed E-state index contributed by atoms with van der Waals surface area (Å²) in [5, 5.41) is 1.23. The molecule has 0 aromatic heterocycles. The monoisotopic (exact) mass is 222 g/mol. The molecule has 0 aromatic carbocycles. The van der Waals surface area contributed by atoms with Crippen molar-refractivity contribution in [2.75, 3.05) is 16.8 Å².